The van der Waals surface area contributed by atoms with Crippen molar-refractivity contribution in [2.45, 2.75) is 64.2 Å². The van der Waals surface area contributed by atoms with Gasteiger partial charge in [-0.3, -0.25) is 9.13 Å². The van der Waals surface area contributed by atoms with Crippen LogP contribution in [0.4, 0.5) is 20.4 Å². The molecule has 0 spiro atoms. The molecule has 0 bridgehead atoms. The Morgan fingerprint density at radius 2 is 1.39 bits per heavy atom. The molecule has 2 fully saturated rings. The summed E-state index contributed by atoms with van der Waals surface area (Å²) in [7, 11) is -3.03. The zero-order valence-electron chi connectivity index (χ0n) is 23.1. The maximum Gasteiger partial charge on any atom is 1.00 e. The Hall–Kier alpha value is -3.42. The average molecular weight is 672 g/mol. The number of halogens is 2. The first-order chi connectivity index (χ1) is 20.5. The Kier molecular flexibility index (Phi) is 13.0. The Labute approximate surface area is 285 Å². The first-order valence-corrected chi connectivity index (χ1v) is 13.6. The van der Waals surface area contributed by atoms with E-state index in [0.29, 0.717) is 31.2 Å². The molecular formula is C26H31F2N10NaO6P+. The number of aromatic nitrogens is 8. The fourth-order valence-electron chi connectivity index (χ4n) is 4.78. The topological polar surface area (TPSA) is 227 Å². The minimum atomic E-state index is -3.03. The Bertz CT molecular complexity index is 1800. The van der Waals surface area contributed by atoms with Crippen molar-refractivity contribution in [3.8, 4) is 24.7 Å². The number of nitrogen functional groups attached to an aromatic ring is 2. The van der Waals surface area contributed by atoms with Crippen LogP contribution >= 0.6 is 8.25 Å². The summed E-state index contributed by atoms with van der Waals surface area (Å²) in [4.78, 5) is 32.8. The van der Waals surface area contributed by atoms with Gasteiger partial charge in [0.05, 0.1) is 19.3 Å². The molecule has 6 rings (SSSR count). The number of hydrogen-bond acceptors (Lipinski definition) is 14. The maximum atomic E-state index is 13.4. The third kappa shape index (κ3) is 7.58. The molecule has 20 heteroatoms. The van der Waals surface area contributed by atoms with Gasteiger partial charge in [-0.05, 0) is 30.2 Å². The van der Waals surface area contributed by atoms with Crippen molar-refractivity contribution in [2.75, 3.05) is 24.7 Å². The van der Waals surface area contributed by atoms with Crippen molar-refractivity contribution in [1.82, 2.24) is 39.0 Å². The van der Waals surface area contributed by atoms with Crippen LogP contribution in [0, 0.1) is 36.8 Å². The molecule has 4 aromatic heterocycles. The first kappa shape index (κ1) is 38.8. The summed E-state index contributed by atoms with van der Waals surface area (Å²) in [5.41, 5.74) is 9.95. The van der Waals surface area contributed by atoms with E-state index in [2.05, 4.69) is 46.3 Å². The first-order valence-electron chi connectivity index (χ1n) is 12.5. The molecule has 240 valence electrons. The monoisotopic (exact) mass is 671 g/mol. The molecule has 1 unspecified atom stereocenters. The zero-order chi connectivity index (χ0) is 30.9. The van der Waals surface area contributed by atoms with E-state index in [4.69, 9.17) is 33.8 Å². The Balaban J connectivity index is 0.000000303. The van der Waals surface area contributed by atoms with Crippen molar-refractivity contribution in [2.24, 2.45) is 0 Å². The van der Waals surface area contributed by atoms with E-state index in [1.54, 1.807) is 4.57 Å². The predicted octanol–water partition coefficient (Wildman–Crippen LogP) is -1.24. The van der Waals surface area contributed by atoms with Crippen LogP contribution < -0.4 is 45.9 Å². The molecule has 0 aromatic carbocycles. The molecule has 16 nitrogen and oxygen atoms in total. The summed E-state index contributed by atoms with van der Waals surface area (Å²) in [6.45, 7) is -0.574. The molecule has 2 aliphatic heterocycles. The minimum absolute atomic E-state index is 0. The molecule has 2 saturated heterocycles. The van der Waals surface area contributed by atoms with E-state index in [1.807, 2.05) is 0 Å². The standard InChI is InChI=1S/C12H11FN5O4P.C12H12FN5O2.2CH4.Na/c1-2-12(5-21-23(19)20)4-3-7(22-12)18-6-15-8-9(14)16-11(13)17-10(8)18;1-2-12(5-19)4-3-7(20-12)18-6-15-8-9(14)16-11(13)17-10(8)18;;;/h1,6-7H,3-5H2,(H2,14,16,17);1,6-7,19H,3-5H2,(H2,14,16,17);2*1H4;/q;;;;+1/t2*7-,12+;;;/m11.../s1. The number of terminal acetylenes is 2. The van der Waals surface area contributed by atoms with Gasteiger partial charge in [0.15, 0.2) is 45.2 Å². The largest absolute Gasteiger partial charge is 1.00 e. The second-order valence-corrected chi connectivity index (χ2v) is 10.3. The normalized spacial score (nSPS) is 23.7. The Morgan fingerprint density at radius 1 is 0.957 bits per heavy atom. The summed E-state index contributed by atoms with van der Waals surface area (Å²) >= 11 is 0. The van der Waals surface area contributed by atoms with Gasteiger partial charge in [-0.15, -0.1) is 17.4 Å². The van der Waals surface area contributed by atoms with Crippen LogP contribution in [0.3, 0.4) is 0 Å². The van der Waals surface area contributed by atoms with Gasteiger partial charge in [0, 0.05) is 0 Å². The number of aliphatic hydroxyl groups excluding tert-OH is 1. The number of fused-ring (bicyclic) bond motifs is 2. The van der Waals surface area contributed by atoms with Crippen LogP contribution in [0.2, 0.25) is 0 Å². The van der Waals surface area contributed by atoms with Crippen molar-refractivity contribution < 1.29 is 66.9 Å². The van der Waals surface area contributed by atoms with Crippen molar-refractivity contribution in [1.29, 1.82) is 0 Å². The van der Waals surface area contributed by atoms with E-state index in [1.165, 1.54) is 17.2 Å². The second-order valence-electron chi connectivity index (χ2n) is 9.56. The van der Waals surface area contributed by atoms with Gasteiger partial charge in [-0.2, -0.15) is 28.7 Å². The van der Waals surface area contributed by atoms with Crippen LogP contribution in [0.5, 0.6) is 0 Å². The summed E-state index contributed by atoms with van der Waals surface area (Å²) in [6, 6.07) is 0. The van der Waals surface area contributed by atoms with Gasteiger partial charge < -0.3 is 30.9 Å². The SMILES string of the molecule is C.C.C#C[C@@]1(CO)CC[C@H](n2cnc3c(N)nc(F)nc32)O1.C#C[C@@]1(CO[P+](=O)[O-])CC[C@H](n2cnc3c(N)nc(F)nc32)O1.[Na+]. The van der Waals surface area contributed by atoms with Gasteiger partial charge >= 0.3 is 50.0 Å². The molecule has 2 aliphatic rings. The van der Waals surface area contributed by atoms with Gasteiger partial charge in [-0.1, -0.05) is 26.7 Å². The third-order valence-electron chi connectivity index (χ3n) is 6.96. The van der Waals surface area contributed by atoms with E-state index >= 15 is 0 Å². The van der Waals surface area contributed by atoms with Crippen molar-refractivity contribution in [3.63, 3.8) is 0 Å². The van der Waals surface area contributed by atoms with Gasteiger partial charge in [0.1, 0.15) is 19.1 Å². The van der Waals surface area contributed by atoms with Crippen LogP contribution in [-0.4, -0.2) is 68.6 Å². The minimum Gasteiger partial charge on any atom is -0.566 e. The molecule has 4 aromatic rings. The smallest absolute Gasteiger partial charge is 0.566 e. The van der Waals surface area contributed by atoms with Crippen LogP contribution in [-0.2, 0) is 18.6 Å². The van der Waals surface area contributed by atoms with E-state index in [0.717, 1.165) is 0 Å². The summed E-state index contributed by atoms with van der Waals surface area (Å²) in [5.74, 6) is 4.75. The molecular weight excluding hydrogens is 640 g/mol. The van der Waals surface area contributed by atoms with Gasteiger partial charge in [0.25, 0.3) is 0 Å². The summed E-state index contributed by atoms with van der Waals surface area (Å²) < 4.78 is 56.3. The van der Waals surface area contributed by atoms with E-state index < -0.39 is 44.1 Å². The third-order valence-corrected chi connectivity index (χ3v) is 7.30. The van der Waals surface area contributed by atoms with E-state index in [9.17, 15) is 23.3 Å². The fraction of sp³-hybridized carbons (Fsp3) is 0.462. The number of rotatable bonds is 6. The molecule has 0 saturated carbocycles. The molecule has 0 radical (unpaired) electrons. The number of aliphatic hydroxyl groups is 1. The van der Waals surface area contributed by atoms with Gasteiger partial charge in [0.2, 0.25) is 0 Å². The zero-order valence-corrected chi connectivity index (χ0v) is 26.0. The average Bonchev–Trinajstić information content (AvgIpc) is 3.77. The Morgan fingerprint density at radius 3 is 1.78 bits per heavy atom. The molecule has 5 atom stereocenters. The molecule has 0 amide bonds. The summed E-state index contributed by atoms with van der Waals surface area (Å²) in [6.07, 6.45) is 12.5. The molecule has 6 heterocycles. The van der Waals surface area contributed by atoms with Gasteiger partial charge in [-0.25, -0.2) is 9.97 Å². The molecule has 0 aliphatic carbocycles. The summed E-state index contributed by atoms with van der Waals surface area (Å²) in [5, 5.41) is 9.34. The number of anilines is 2. The van der Waals surface area contributed by atoms with Crippen molar-refractivity contribution >= 4 is 42.2 Å². The van der Waals surface area contributed by atoms with Crippen LogP contribution in [0.25, 0.3) is 22.3 Å². The quantitative estimate of drug-likeness (QED) is 0.0943. The van der Waals surface area contributed by atoms with Crippen molar-refractivity contribution in [3.05, 3.63) is 24.8 Å². The predicted molar refractivity (Wildman–Crippen MR) is 155 cm³/mol. The molecule has 46 heavy (non-hydrogen) atoms. The fourth-order valence-corrected chi connectivity index (χ4v) is 5.10. The number of ether oxygens (including phenoxy) is 2. The number of nitrogens with zero attached hydrogens (tertiary/aromatic N) is 8. The molecule has 5 N–H and O–H groups in total. The number of nitrogens with two attached hydrogens (primary N) is 2. The number of imidazole rings is 2. The van der Waals surface area contributed by atoms with Crippen LogP contribution in [0.15, 0.2) is 12.7 Å². The number of hydrogen-bond donors (Lipinski definition) is 3. The van der Waals surface area contributed by atoms with Crippen LogP contribution in [0.1, 0.15) is 53.0 Å². The van der Waals surface area contributed by atoms with E-state index in [-0.39, 0.29) is 86.1 Å². The second kappa shape index (κ2) is 15.4. The maximum absolute atomic E-state index is 13.4.